The van der Waals surface area contributed by atoms with Crippen LogP contribution < -0.4 is 10.6 Å². The zero-order chi connectivity index (χ0) is 20.1. The minimum absolute atomic E-state index is 0.139. The van der Waals surface area contributed by atoms with Crippen LogP contribution in [0.4, 0.5) is 19.3 Å². The van der Waals surface area contributed by atoms with Gasteiger partial charge in [0.1, 0.15) is 22.9 Å². The fraction of sp³-hybridized carbons (Fsp3) is 0.136. The Balaban J connectivity index is 1.64. The Morgan fingerprint density at radius 1 is 0.893 bits per heavy atom. The second-order valence-corrected chi connectivity index (χ2v) is 6.62. The maximum Gasteiger partial charge on any atom is 0.319 e. The molecule has 2 amide bonds. The SMILES string of the molecule is C[C@@](O)(CNC(=O)Nc1c(F)cccc1F)c1ccc(-c2ccccc2)cc1. The van der Waals surface area contributed by atoms with Gasteiger partial charge >= 0.3 is 6.03 Å². The van der Waals surface area contributed by atoms with Crippen LogP contribution in [0.25, 0.3) is 11.1 Å². The van der Waals surface area contributed by atoms with Gasteiger partial charge in [0.25, 0.3) is 0 Å². The van der Waals surface area contributed by atoms with Gasteiger partial charge < -0.3 is 15.7 Å². The number of halogens is 2. The van der Waals surface area contributed by atoms with Gasteiger partial charge in [-0.2, -0.15) is 0 Å². The molecule has 0 heterocycles. The molecule has 3 rings (SSSR count). The van der Waals surface area contributed by atoms with Crippen LogP contribution in [-0.4, -0.2) is 17.7 Å². The van der Waals surface area contributed by atoms with Gasteiger partial charge in [-0.1, -0.05) is 60.7 Å². The number of benzene rings is 3. The first-order valence-electron chi connectivity index (χ1n) is 8.74. The Hall–Kier alpha value is -3.25. The molecule has 0 radical (unpaired) electrons. The van der Waals surface area contributed by atoms with E-state index in [9.17, 15) is 18.7 Å². The third-order valence-electron chi connectivity index (χ3n) is 4.41. The molecule has 3 N–H and O–H groups in total. The number of carbonyl (C=O) groups is 1. The van der Waals surface area contributed by atoms with Crippen molar-refractivity contribution in [3.05, 3.63) is 90.0 Å². The molecular weight excluding hydrogens is 362 g/mol. The van der Waals surface area contributed by atoms with Crippen molar-refractivity contribution in [1.29, 1.82) is 0 Å². The Bertz CT molecular complexity index is 938. The van der Waals surface area contributed by atoms with Crippen molar-refractivity contribution in [2.24, 2.45) is 0 Å². The van der Waals surface area contributed by atoms with Crippen molar-refractivity contribution in [2.45, 2.75) is 12.5 Å². The topological polar surface area (TPSA) is 61.4 Å². The molecule has 0 bridgehead atoms. The second-order valence-electron chi connectivity index (χ2n) is 6.62. The molecule has 1 atom stereocenters. The summed E-state index contributed by atoms with van der Waals surface area (Å²) in [5.41, 5.74) is 0.760. The first-order chi connectivity index (χ1) is 13.4. The molecule has 144 valence electrons. The first-order valence-corrected chi connectivity index (χ1v) is 8.74. The molecule has 3 aromatic carbocycles. The molecule has 0 fully saturated rings. The monoisotopic (exact) mass is 382 g/mol. The van der Waals surface area contributed by atoms with E-state index in [1.165, 1.54) is 6.07 Å². The van der Waals surface area contributed by atoms with Gasteiger partial charge in [-0.05, 0) is 35.7 Å². The zero-order valence-corrected chi connectivity index (χ0v) is 15.2. The summed E-state index contributed by atoms with van der Waals surface area (Å²) >= 11 is 0. The van der Waals surface area contributed by atoms with E-state index >= 15 is 0 Å². The molecule has 0 saturated carbocycles. The van der Waals surface area contributed by atoms with Crippen molar-refractivity contribution < 1.29 is 18.7 Å². The number of carbonyl (C=O) groups excluding carboxylic acids is 1. The van der Waals surface area contributed by atoms with Gasteiger partial charge in [-0.15, -0.1) is 0 Å². The third kappa shape index (κ3) is 4.53. The molecule has 0 saturated heterocycles. The molecule has 0 aromatic heterocycles. The van der Waals surface area contributed by atoms with Crippen LogP contribution in [0, 0.1) is 11.6 Å². The number of nitrogens with one attached hydrogen (secondary N) is 2. The van der Waals surface area contributed by atoms with E-state index in [2.05, 4.69) is 10.6 Å². The Morgan fingerprint density at radius 3 is 2.07 bits per heavy atom. The van der Waals surface area contributed by atoms with Crippen molar-refractivity contribution in [3.63, 3.8) is 0 Å². The number of rotatable bonds is 5. The second kappa shape index (κ2) is 8.19. The molecule has 4 nitrogen and oxygen atoms in total. The van der Waals surface area contributed by atoms with E-state index in [4.69, 9.17) is 0 Å². The highest BCUT2D eigenvalue weighted by molar-refractivity contribution is 5.89. The molecule has 0 aliphatic heterocycles. The van der Waals surface area contributed by atoms with E-state index in [0.717, 1.165) is 23.3 Å². The minimum Gasteiger partial charge on any atom is -0.384 e. The van der Waals surface area contributed by atoms with Crippen molar-refractivity contribution in [2.75, 3.05) is 11.9 Å². The standard InChI is InChI=1S/C22H20F2N2O2/c1-22(28,14-25-21(27)26-20-18(23)8-5-9-19(20)24)17-12-10-16(11-13-17)15-6-3-2-4-7-15/h2-13,28H,14H2,1H3,(H2,25,26,27)/t22-/m1/s1. The summed E-state index contributed by atoms with van der Waals surface area (Å²) in [6.07, 6.45) is 0. The van der Waals surface area contributed by atoms with Crippen molar-refractivity contribution >= 4 is 11.7 Å². The average Bonchev–Trinajstić information content (AvgIpc) is 2.70. The lowest BCUT2D eigenvalue weighted by molar-refractivity contribution is 0.0600. The Kier molecular flexibility index (Phi) is 5.70. The van der Waals surface area contributed by atoms with E-state index in [1.807, 2.05) is 42.5 Å². The summed E-state index contributed by atoms with van der Waals surface area (Å²) < 4.78 is 27.2. The van der Waals surface area contributed by atoms with Crippen LogP contribution >= 0.6 is 0 Å². The lowest BCUT2D eigenvalue weighted by Crippen LogP contribution is -2.40. The lowest BCUT2D eigenvalue weighted by atomic mass is 9.94. The minimum atomic E-state index is -1.36. The maximum atomic E-state index is 13.6. The fourth-order valence-corrected chi connectivity index (χ4v) is 2.78. The summed E-state index contributed by atoms with van der Waals surface area (Å²) in [6, 6.07) is 19.6. The highest BCUT2D eigenvalue weighted by Gasteiger charge is 2.24. The Labute approximate surface area is 161 Å². The molecule has 6 heteroatoms. The largest absolute Gasteiger partial charge is 0.384 e. The summed E-state index contributed by atoms with van der Waals surface area (Å²) in [7, 11) is 0. The number of urea groups is 1. The number of amides is 2. The normalized spacial score (nSPS) is 12.9. The molecule has 0 aliphatic rings. The highest BCUT2D eigenvalue weighted by Crippen LogP contribution is 2.25. The summed E-state index contributed by atoms with van der Waals surface area (Å²) in [5, 5.41) is 15.2. The van der Waals surface area contributed by atoms with E-state index in [-0.39, 0.29) is 6.54 Å². The zero-order valence-electron chi connectivity index (χ0n) is 15.2. The predicted octanol–water partition coefficient (Wildman–Crippen LogP) is 4.66. The Morgan fingerprint density at radius 2 is 1.46 bits per heavy atom. The summed E-state index contributed by atoms with van der Waals surface area (Å²) in [5.74, 6) is -1.75. The van der Waals surface area contributed by atoms with Gasteiger partial charge in [0.2, 0.25) is 0 Å². The number of hydrogen-bond acceptors (Lipinski definition) is 2. The fourth-order valence-electron chi connectivity index (χ4n) is 2.78. The molecule has 28 heavy (non-hydrogen) atoms. The number of para-hydroxylation sites is 1. The number of anilines is 1. The van der Waals surface area contributed by atoms with Crippen LogP contribution in [0.1, 0.15) is 12.5 Å². The van der Waals surface area contributed by atoms with E-state index in [1.54, 1.807) is 19.1 Å². The van der Waals surface area contributed by atoms with Gasteiger partial charge in [-0.3, -0.25) is 0 Å². The van der Waals surface area contributed by atoms with Gasteiger partial charge in [-0.25, -0.2) is 13.6 Å². The predicted molar refractivity (Wildman–Crippen MR) is 105 cm³/mol. The lowest BCUT2D eigenvalue weighted by Gasteiger charge is -2.24. The van der Waals surface area contributed by atoms with Crippen molar-refractivity contribution in [1.82, 2.24) is 5.32 Å². The van der Waals surface area contributed by atoms with Crippen LogP contribution in [0.3, 0.4) is 0 Å². The van der Waals surface area contributed by atoms with Gasteiger partial charge in [0.15, 0.2) is 0 Å². The van der Waals surface area contributed by atoms with Crippen LogP contribution in [0.15, 0.2) is 72.8 Å². The molecular formula is C22H20F2N2O2. The quantitative estimate of drug-likeness (QED) is 0.601. The van der Waals surface area contributed by atoms with Gasteiger partial charge in [0.05, 0.1) is 6.54 Å². The molecule has 0 aliphatic carbocycles. The van der Waals surface area contributed by atoms with E-state index in [0.29, 0.717) is 5.56 Å². The molecule has 0 unspecified atom stereocenters. The summed E-state index contributed by atoms with van der Waals surface area (Å²) in [4.78, 5) is 12.0. The first kappa shape index (κ1) is 19.5. The average molecular weight is 382 g/mol. The smallest absolute Gasteiger partial charge is 0.319 e. The van der Waals surface area contributed by atoms with E-state index < -0.39 is 29.0 Å². The van der Waals surface area contributed by atoms with Crippen LogP contribution in [0.2, 0.25) is 0 Å². The third-order valence-corrected chi connectivity index (χ3v) is 4.41. The number of hydrogen-bond donors (Lipinski definition) is 3. The molecule has 0 spiro atoms. The number of aliphatic hydroxyl groups is 1. The summed E-state index contributed by atoms with van der Waals surface area (Å²) in [6.45, 7) is 1.41. The maximum absolute atomic E-state index is 13.6. The van der Waals surface area contributed by atoms with Crippen LogP contribution in [-0.2, 0) is 5.60 Å². The highest BCUT2D eigenvalue weighted by atomic mass is 19.1. The van der Waals surface area contributed by atoms with Crippen molar-refractivity contribution in [3.8, 4) is 11.1 Å². The van der Waals surface area contributed by atoms with Crippen LogP contribution in [0.5, 0.6) is 0 Å². The van der Waals surface area contributed by atoms with Gasteiger partial charge in [0, 0.05) is 0 Å². The molecule has 3 aromatic rings.